The molecular formula is C18H29NO2. The van der Waals surface area contributed by atoms with Crippen molar-refractivity contribution in [2.45, 2.75) is 52.1 Å². The lowest BCUT2D eigenvalue weighted by atomic mass is 9.65. The molecule has 0 saturated heterocycles. The summed E-state index contributed by atoms with van der Waals surface area (Å²) in [6, 6.07) is 7.82. The lowest BCUT2D eigenvalue weighted by Gasteiger charge is -2.43. The number of ether oxygens (including phenoxy) is 1. The minimum absolute atomic E-state index is 0.170. The molecule has 1 aromatic rings. The van der Waals surface area contributed by atoms with Crippen molar-refractivity contribution in [3.63, 3.8) is 0 Å². The second kappa shape index (κ2) is 7.28. The van der Waals surface area contributed by atoms with Crippen LogP contribution in [0.1, 0.15) is 57.6 Å². The SMILES string of the molecule is CCOc1cccc(C(O)C2(CN)CCC(CC)CC2)c1. The van der Waals surface area contributed by atoms with Crippen molar-refractivity contribution in [2.24, 2.45) is 17.1 Å². The molecule has 0 bridgehead atoms. The van der Waals surface area contributed by atoms with Crippen molar-refractivity contribution in [3.05, 3.63) is 29.8 Å². The summed E-state index contributed by atoms with van der Waals surface area (Å²) in [6.45, 7) is 5.40. The van der Waals surface area contributed by atoms with Crippen LogP contribution in [0.3, 0.4) is 0 Å². The van der Waals surface area contributed by atoms with E-state index in [2.05, 4.69) is 6.92 Å². The maximum atomic E-state index is 10.9. The van der Waals surface area contributed by atoms with Gasteiger partial charge in [0, 0.05) is 12.0 Å². The minimum atomic E-state index is -0.499. The first kappa shape index (κ1) is 16.3. The summed E-state index contributed by atoms with van der Waals surface area (Å²) >= 11 is 0. The number of rotatable bonds is 6. The third kappa shape index (κ3) is 3.58. The predicted molar refractivity (Wildman–Crippen MR) is 86.3 cm³/mol. The fourth-order valence-corrected chi connectivity index (χ4v) is 3.54. The van der Waals surface area contributed by atoms with Crippen LogP contribution in [0.15, 0.2) is 24.3 Å². The zero-order valence-corrected chi connectivity index (χ0v) is 13.3. The van der Waals surface area contributed by atoms with Crippen LogP contribution in [0, 0.1) is 11.3 Å². The number of nitrogens with two attached hydrogens (primary N) is 1. The van der Waals surface area contributed by atoms with Crippen LogP contribution in [-0.4, -0.2) is 18.3 Å². The van der Waals surface area contributed by atoms with Gasteiger partial charge in [-0.1, -0.05) is 25.5 Å². The molecule has 0 aromatic heterocycles. The van der Waals surface area contributed by atoms with E-state index in [1.54, 1.807) is 0 Å². The van der Waals surface area contributed by atoms with Crippen LogP contribution in [0.4, 0.5) is 0 Å². The fourth-order valence-electron chi connectivity index (χ4n) is 3.54. The van der Waals surface area contributed by atoms with Crippen LogP contribution in [0.5, 0.6) is 5.75 Å². The average molecular weight is 291 g/mol. The lowest BCUT2D eigenvalue weighted by molar-refractivity contribution is -0.0104. The van der Waals surface area contributed by atoms with Gasteiger partial charge in [0.1, 0.15) is 5.75 Å². The highest BCUT2D eigenvalue weighted by Crippen LogP contribution is 2.47. The van der Waals surface area contributed by atoms with Gasteiger partial charge >= 0.3 is 0 Å². The van der Waals surface area contributed by atoms with E-state index in [1.807, 2.05) is 31.2 Å². The van der Waals surface area contributed by atoms with Crippen molar-refractivity contribution >= 4 is 0 Å². The molecule has 1 aliphatic rings. The molecule has 1 fully saturated rings. The molecule has 0 aliphatic heterocycles. The molecule has 3 nitrogen and oxygen atoms in total. The Kier molecular flexibility index (Phi) is 5.65. The summed E-state index contributed by atoms with van der Waals surface area (Å²) in [4.78, 5) is 0. The number of benzene rings is 1. The highest BCUT2D eigenvalue weighted by molar-refractivity contribution is 5.31. The number of aliphatic hydroxyl groups is 1. The van der Waals surface area contributed by atoms with Crippen LogP contribution >= 0.6 is 0 Å². The third-order valence-corrected chi connectivity index (χ3v) is 5.15. The van der Waals surface area contributed by atoms with E-state index in [-0.39, 0.29) is 5.41 Å². The molecule has 0 radical (unpaired) electrons. The Hall–Kier alpha value is -1.06. The van der Waals surface area contributed by atoms with Gasteiger partial charge in [0.05, 0.1) is 12.7 Å². The zero-order valence-electron chi connectivity index (χ0n) is 13.3. The van der Waals surface area contributed by atoms with Crippen LogP contribution in [0.25, 0.3) is 0 Å². The molecule has 1 aromatic carbocycles. The molecule has 0 heterocycles. The van der Waals surface area contributed by atoms with Gasteiger partial charge in [0.2, 0.25) is 0 Å². The van der Waals surface area contributed by atoms with Gasteiger partial charge in [-0.2, -0.15) is 0 Å². The van der Waals surface area contributed by atoms with Crippen molar-refractivity contribution in [2.75, 3.05) is 13.2 Å². The van der Waals surface area contributed by atoms with Crippen molar-refractivity contribution in [3.8, 4) is 5.75 Å². The quantitative estimate of drug-likeness (QED) is 0.841. The van der Waals surface area contributed by atoms with E-state index in [0.29, 0.717) is 13.2 Å². The Morgan fingerprint density at radius 1 is 1.33 bits per heavy atom. The second-order valence-electron chi connectivity index (χ2n) is 6.33. The van der Waals surface area contributed by atoms with Gasteiger partial charge in [0.15, 0.2) is 0 Å². The average Bonchev–Trinajstić information content (AvgIpc) is 2.55. The number of hydrogen-bond acceptors (Lipinski definition) is 3. The van der Waals surface area contributed by atoms with E-state index in [4.69, 9.17) is 10.5 Å². The van der Waals surface area contributed by atoms with E-state index < -0.39 is 6.10 Å². The maximum absolute atomic E-state index is 10.9. The summed E-state index contributed by atoms with van der Waals surface area (Å²) in [5.41, 5.74) is 6.83. The van der Waals surface area contributed by atoms with Gasteiger partial charge in [-0.05, 0) is 56.2 Å². The summed E-state index contributed by atoms with van der Waals surface area (Å²) < 4.78 is 5.54. The standard InChI is InChI=1S/C18H29NO2/c1-3-14-8-10-18(13-19,11-9-14)17(20)15-6-5-7-16(12-15)21-4-2/h5-7,12,14,17,20H,3-4,8-11,13,19H2,1-2H3. The third-order valence-electron chi connectivity index (χ3n) is 5.15. The van der Waals surface area contributed by atoms with Crippen molar-refractivity contribution in [1.82, 2.24) is 0 Å². The molecular weight excluding hydrogens is 262 g/mol. The first-order chi connectivity index (χ1) is 10.1. The molecule has 0 spiro atoms. The molecule has 1 unspecified atom stereocenters. The maximum Gasteiger partial charge on any atom is 0.119 e. The summed E-state index contributed by atoms with van der Waals surface area (Å²) in [7, 11) is 0. The molecule has 1 aliphatic carbocycles. The minimum Gasteiger partial charge on any atom is -0.494 e. The van der Waals surface area contributed by atoms with E-state index >= 15 is 0 Å². The fraction of sp³-hybridized carbons (Fsp3) is 0.667. The van der Waals surface area contributed by atoms with Gasteiger partial charge < -0.3 is 15.6 Å². The van der Waals surface area contributed by atoms with Crippen LogP contribution < -0.4 is 10.5 Å². The smallest absolute Gasteiger partial charge is 0.119 e. The predicted octanol–water partition coefficient (Wildman–Crippen LogP) is 3.66. The monoisotopic (exact) mass is 291 g/mol. The Morgan fingerprint density at radius 2 is 2.05 bits per heavy atom. The second-order valence-corrected chi connectivity index (χ2v) is 6.33. The molecule has 3 heteroatoms. The van der Waals surface area contributed by atoms with Gasteiger partial charge in [0.25, 0.3) is 0 Å². The van der Waals surface area contributed by atoms with E-state index in [1.165, 1.54) is 19.3 Å². The summed E-state index contributed by atoms with van der Waals surface area (Å²) in [5, 5.41) is 10.9. The topological polar surface area (TPSA) is 55.5 Å². The molecule has 118 valence electrons. The normalized spacial score (nSPS) is 27.3. The largest absolute Gasteiger partial charge is 0.494 e. The summed E-state index contributed by atoms with van der Waals surface area (Å²) in [6.07, 6.45) is 5.12. The van der Waals surface area contributed by atoms with Crippen molar-refractivity contribution < 1.29 is 9.84 Å². The Bertz CT molecular complexity index is 439. The number of aliphatic hydroxyl groups excluding tert-OH is 1. The highest BCUT2D eigenvalue weighted by Gasteiger charge is 2.40. The van der Waals surface area contributed by atoms with E-state index in [9.17, 15) is 5.11 Å². The highest BCUT2D eigenvalue weighted by atomic mass is 16.5. The molecule has 21 heavy (non-hydrogen) atoms. The Morgan fingerprint density at radius 3 is 2.62 bits per heavy atom. The first-order valence-electron chi connectivity index (χ1n) is 8.26. The summed E-state index contributed by atoms with van der Waals surface area (Å²) in [5.74, 6) is 1.62. The number of hydrogen-bond donors (Lipinski definition) is 2. The van der Waals surface area contributed by atoms with Gasteiger partial charge in [-0.3, -0.25) is 0 Å². The molecule has 0 amide bonds. The molecule has 1 atom stereocenters. The Balaban J connectivity index is 2.16. The van der Waals surface area contributed by atoms with Gasteiger partial charge in [-0.15, -0.1) is 0 Å². The van der Waals surface area contributed by atoms with Crippen molar-refractivity contribution in [1.29, 1.82) is 0 Å². The molecule has 3 N–H and O–H groups in total. The van der Waals surface area contributed by atoms with Crippen LogP contribution in [-0.2, 0) is 0 Å². The molecule has 1 saturated carbocycles. The van der Waals surface area contributed by atoms with Gasteiger partial charge in [-0.25, -0.2) is 0 Å². The lowest BCUT2D eigenvalue weighted by Crippen LogP contribution is -2.40. The zero-order chi connectivity index (χ0) is 15.3. The Labute approximate surface area is 128 Å². The van der Waals surface area contributed by atoms with Crippen LogP contribution in [0.2, 0.25) is 0 Å². The molecule has 2 rings (SSSR count). The first-order valence-corrected chi connectivity index (χ1v) is 8.26. The van der Waals surface area contributed by atoms with E-state index in [0.717, 1.165) is 30.1 Å².